The number of anilines is 1. The molecule has 0 aromatic heterocycles. The van der Waals surface area contributed by atoms with Crippen LogP contribution in [-0.4, -0.2) is 22.7 Å². The Morgan fingerprint density at radius 3 is 2.57 bits per heavy atom. The lowest BCUT2D eigenvalue weighted by molar-refractivity contribution is -0.150. The van der Waals surface area contributed by atoms with Crippen LogP contribution in [0.4, 0.5) is 5.69 Å². The van der Waals surface area contributed by atoms with E-state index in [1.54, 1.807) is 11.8 Å². The molecule has 1 amide bonds. The van der Waals surface area contributed by atoms with Crippen LogP contribution in [-0.2, 0) is 9.59 Å². The summed E-state index contributed by atoms with van der Waals surface area (Å²) in [6.07, 6.45) is 3.04. The average Bonchev–Trinajstić information content (AvgIpc) is 2.91. The number of rotatable bonds is 6. The summed E-state index contributed by atoms with van der Waals surface area (Å²) in [6, 6.07) is 7.63. The van der Waals surface area contributed by atoms with E-state index in [4.69, 9.17) is 0 Å². The molecule has 2 rings (SSSR count). The highest BCUT2D eigenvalue weighted by atomic mass is 32.2. The summed E-state index contributed by atoms with van der Waals surface area (Å²) >= 11 is 1.66. The first-order valence-corrected chi connectivity index (χ1v) is 8.31. The van der Waals surface area contributed by atoms with E-state index >= 15 is 0 Å². The van der Waals surface area contributed by atoms with Crippen LogP contribution < -0.4 is 5.32 Å². The fraction of sp³-hybridized carbons (Fsp3) is 0.500. The maximum atomic E-state index is 12.3. The van der Waals surface area contributed by atoms with E-state index in [1.165, 1.54) is 0 Å². The standard InChI is InChI=1S/C16H21NO3S/c1-2-21-13-8-4-3-7-12(13)17-14(18)11-16(15(19)20)9-5-6-10-16/h3-4,7-8H,2,5-6,9-11H2,1H3,(H,17,18)(H,19,20). The third kappa shape index (κ3) is 3.79. The van der Waals surface area contributed by atoms with Gasteiger partial charge in [-0.1, -0.05) is 31.9 Å². The first kappa shape index (κ1) is 15.9. The zero-order valence-electron chi connectivity index (χ0n) is 12.2. The molecule has 1 aliphatic rings. The monoisotopic (exact) mass is 307 g/mol. The quantitative estimate of drug-likeness (QED) is 0.785. The molecule has 1 saturated carbocycles. The van der Waals surface area contributed by atoms with Crippen molar-refractivity contribution in [3.05, 3.63) is 24.3 Å². The lowest BCUT2D eigenvalue weighted by Gasteiger charge is -2.23. The predicted molar refractivity (Wildman–Crippen MR) is 84.6 cm³/mol. The minimum Gasteiger partial charge on any atom is -0.481 e. The number of hydrogen-bond acceptors (Lipinski definition) is 3. The Kier molecular flexibility index (Phi) is 5.28. The van der Waals surface area contributed by atoms with Crippen LogP contribution in [0.15, 0.2) is 29.2 Å². The van der Waals surface area contributed by atoms with Gasteiger partial charge in [0.05, 0.1) is 11.1 Å². The summed E-state index contributed by atoms with van der Waals surface area (Å²) in [5.74, 6) is -0.124. The zero-order chi connectivity index (χ0) is 15.3. The van der Waals surface area contributed by atoms with E-state index < -0.39 is 11.4 Å². The van der Waals surface area contributed by atoms with Gasteiger partial charge in [0.15, 0.2) is 0 Å². The molecule has 1 aromatic carbocycles. The molecule has 0 aliphatic heterocycles. The summed E-state index contributed by atoms with van der Waals surface area (Å²) < 4.78 is 0. The van der Waals surface area contributed by atoms with Gasteiger partial charge in [-0.05, 0) is 30.7 Å². The van der Waals surface area contributed by atoms with Crippen molar-refractivity contribution in [2.75, 3.05) is 11.1 Å². The van der Waals surface area contributed by atoms with Gasteiger partial charge in [-0.2, -0.15) is 0 Å². The molecule has 0 bridgehead atoms. The lowest BCUT2D eigenvalue weighted by atomic mass is 9.82. The maximum Gasteiger partial charge on any atom is 0.310 e. The predicted octanol–water partition coefficient (Wildman–Crippen LogP) is 3.77. The SMILES string of the molecule is CCSc1ccccc1NC(=O)CC1(C(=O)O)CCCC1. The van der Waals surface area contributed by atoms with Crippen molar-refractivity contribution in [2.45, 2.75) is 43.9 Å². The molecule has 0 unspecified atom stereocenters. The Morgan fingerprint density at radius 1 is 1.29 bits per heavy atom. The van der Waals surface area contributed by atoms with Gasteiger partial charge in [-0.3, -0.25) is 9.59 Å². The number of hydrogen-bond donors (Lipinski definition) is 2. The normalized spacial score (nSPS) is 16.6. The third-order valence-corrected chi connectivity index (χ3v) is 4.93. The molecule has 2 N–H and O–H groups in total. The van der Waals surface area contributed by atoms with Gasteiger partial charge in [0.2, 0.25) is 5.91 Å². The Morgan fingerprint density at radius 2 is 1.95 bits per heavy atom. The Balaban J connectivity index is 2.06. The van der Waals surface area contributed by atoms with Crippen molar-refractivity contribution in [2.24, 2.45) is 5.41 Å². The smallest absolute Gasteiger partial charge is 0.310 e. The molecule has 0 spiro atoms. The maximum absolute atomic E-state index is 12.3. The summed E-state index contributed by atoms with van der Waals surface area (Å²) in [6.45, 7) is 2.06. The number of para-hydroxylation sites is 1. The summed E-state index contributed by atoms with van der Waals surface area (Å²) in [5, 5.41) is 12.3. The van der Waals surface area contributed by atoms with Crippen molar-refractivity contribution in [1.29, 1.82) is 0 Å². The second-order valence-corrected chi connectivity index (χ2v) is 6.75. The molecule has 1 aromatic rings. The molecule has 5 heteroatoms. The van der Waals surface area contributed by atoms with Crippen LogP contribution in [0.2, 0.25) is 0 Å². The van der Waals surface area contributed by atoms with Crippen LogP contribution in [0.5, 0.6) is 0 Å². The van der Waals surface area contributed by atoms with E-state index in [2.05, 4.69) is 12.2 Å². The molecule has 0 atom stereocenters. The molecule has 21 heavy (non-hydrogen) atoms. The van der Waals surface area contributed by atoms with Crippen molar-refractivity contribution >= 4 is 29.3 Å². The highest BCUT2D eigenvalue weighted by molar-refractivity contribution is 7.99. The van der Waals surface area contributed by atoms with Crippen LogP contribution >= 0.6 is 11.8 Å². The number of aliphatic carboxylic acids is 1. The van der Waals surface area contributed by atoms with Gasteiger partial charge in [-0.15, -0.1) is 11.8 Å². The largest absolute Gasteiger partial charge is 0.481 e. The minimum atomic E-state index is -0.864. The van der Waals surface area contributed by atoms with E-state index in [0.717, 1.165) is 29.2 Å². The summed E-state index contributed by atoms with van der Waals surface area (Å²) in [7, 11) is 0. The fourth-order valence-electron chi connectivity index (χ4n) is 2.87. The molecule has 114 valence electrons. The van der Waals surface area contributed by atoms with Crippen LogP contribution in [0.3, 0.4) is 0 Å². The first-order valence-electron chi connectivity index (χ1n) is 7.32. The fourth-order valence-corrected chi connectivity index (χ4v) is 3.63. The van der Waals surface area contributed by atoms with Gasteiger partial charge in [-0.25, -0.2) is 0 Å². The highest BCUT2D eigenvalue weighted by Gasteiger charge is 2.42. The van der Waals surface area contributed by atoms with Gasteiger partial charge in [0.25, 0.3) is 0 Å². The topological polar surface area (TPSA) is 66.4 Å². The van der Waals surface area contributed by atoms with Crippen molar-refractivity contribution < 1.29 is 14.7 Å². The Bertz CT molecular complexity index is 524. The average molecular weight is 307 g/mol. The molecular formula is C16H21NO3S. The Labute approximate surface area is 129 Å². The molecule has 0 radical (unpaired) electrons. The molecule has 0 heterocycles. The molecule has 1 aliphatic carbocycles. The molecular weight excluding hydrogens is 286 g/mol. The van der Waals surface area contributed by atoms with Crippen molar-refractivity contribution in [1.82, 2.24) is 0 Å². The second kappa shape index (κ2) is 6.98. The van der Waals surface area contributed by atoms with Crippen LogP contribution in [0.1, 0.15) is 39.0 Å². The molecule has 0 saturated heterocycles. The van der Waals surface area contributed by atoms with Gasteiger partial charge in [0, 0.05) is 11.3 Å². The van der Waals surface area contributed by atoms with Gasteiger partial charge >= 0.3 is 5.97 Å². The van der Waals surface area contributed by atoms with Gasteiger partial charge < -0.3 is 10.4 Å². The van der Waals surface area contributed by atoms with E-state index in [1.807, 2.05) is 24.3 Å². The molecule has 1 fully saturated rings. The van der Waals surface area contributed by atoms with Crippen molar-refractivity contribution in [3.63, 3.8) is 0 Å². The van der Waals surface area contributed by atoms with Crippen LogP contribution in [0, 0.1) is 5.41 Å². The van der Waals surface area contributed by atoms with Gasteiger partial charge in [0.1, 0.15) is 0 Å². The van der Waals surface area contributed by atoms with E-state index in [9.17, 15) is 14.7 Å². The van der Waals surface area contributed by atoms with Crippen LogP contribution in [0.25, 0.3) is 0 Å². The first-order chi connectivity index (χ1) is 10.1. The number of carboxylic acids is 1. The number of benzene rings is 1. The molecule has 4 nitrogen and oxygen atoms in total. The summed E-state index contributed by atoms with van der Waals surface area (Å²) in [4.78, 5) is 24.8. The highest BCUT2D eigenvalue weighted by Crippen LogP contribution is 2.41. The number of carbonyl (C=O) groups excluding carboxylic acids is 1. The number of nitrogens with one attached hydrogen (secondary N) is 1. The van der Waals surface area contributed by atoms with E-state index in [-0.39, 0.29) is 12.3 Å². The number of amides is 1. The third-order valence-electron chi connectivity index (χ3n) is 3.97. The number of carbonyl (C=O) groups is 2. The van der Waals surface area contributed by atoms with Crippen molar-refractivity contribution in [3.8, 4) is 0 Å². The second-order valence-electron chi connectivity index (χ2n) is 5.45. The number of carboxylic acid groups (broad SMARTS) is 1. The van der Waals surface area contributed by atoms with E-state index in [0.29, 0.717) is 12.8 Å². The zero-order valence-corrected chi connectivity index (χ0v) is 13.0. The number of thioether (sulfide) groups is 1. The Hall–Kier alpha value is -1.49. The lowest BCUT2D eigenvalue weighted by Crippen LogP contribution is -2.32. The summed E-state index contributed by atoms with van der Waals surface area (Å²) in [5.41, 5.74) is -0.0930. The minimum absolute atomic E-state index is 0.0630.